The fraction of sp³-hybridized carbons (Fsp3) is 0.867. The lowest BCUT2D eigenvalue weighted by Crippen LogP contribution is -2.73. The topological polar surface area (TPSA) is 78.9 Å². The van der Waals surface area contributed by atoms with Crippen molar-refractivity contribution in [2.24, 2.45) is 0 Å². The van der Waals surface area contributed by atoms with Crippen molar-refractivity contribution in [3.63, 3.8) is 0 Å². The van der Waals surface area contributed by atoms with E-state index in [0.29, 0.717) is 19.1 Å². The van der Waals surface area contributed by atoms with Crippen molar-refractivity contribution >= 4 is 23.8 Å². The summed E-state index contributed by atoms with van der Waals surface area (Å²) in [6.07, 6.45) is 1.89. The predicted molar refractivity (Wildman–Crippen MR) is 86.3 cm³/mol. The van der Waals surface area contributed by atoms with Crippen molar-refractivity contribution in [1.29, 1.82) is 0 Å². The molecule has 0 aliphatic carbocycles. The van der Waals surface area contributed by atoms with Gasteiger partial charge in [0.15, 0.2) is 0 Å². The molecule has 2 saturated heterocycles. The highest BCUT2D eigenvalue weighted by atomic mass is 32.2. The van der Waals surface area contributed by atoms with Gasteiger partial charge in [-0.15, -0.1) is 0 Å². The Morgan fingerprint density at radius 2 is 2.09 bits per heavy atom. The second kappa shape index (κ2) is 6.66. The van der Waals surface area contributed by atoms with Crippen LogP contribution in [0.3, 0.4) is 0 Å². The van der Waals surface area contributed by atoms with Gasteiger partial charge in [-0.2, -0.15) is 11.8 Å². The van der Waals surface area contributed by atoms with E-state index < -0.39 is 17.1 Å². The third kappa shape index (κ3) is 4.78. The zero-order chi connectivity index (χ0) is 16.4. The minimum absolute atomic E-state index is 0.0352. The third-order valence-corrected chi connectivity index (χ3v) is 5.01. The molecule has 2 aliphatic rings. The number of carboxylic acid groups (broad SMARTS) is 1. The molecule has 6 nitrogen and oxygen atoms in total. The maximum absolute atomic E-state index is 12.0. The number of carbonyl (C=O) groups excluding carboxylic acids is 1. The number of rotatable bonds is 4. The van der Waals surface area contributed by atoms with Crippen LogP contribution in [-0.2, 0) is 9.53 Å². The second-order valence-corrected chi connectivity index (χ2v) is 8.40. The minimum Gasteiger partial charge on any atom is -0.481 e. The van der Waals surface area contributed by atoms with Crippen LogP contribution in [0.5, 0.6) is 0 Å². The standard InChI is InChI=1S/C15H26N2O4S/c1-14(2,3)21-13(20)17-9-15(10-17,7-12(18)19)16-11-5-4-6-22-8-11/h11,16H,4-10H2,1-3H3,(H,18,19). The third-order valence-electron chi connectivity index (χ3n) is 3.80. The first kappa shape index (κ1) is 17.4. The Balaban J connectivity index is 1.92. The van der Waals surface area contributed by atoms with E-state index in [2.05, 4.69) is 5.32 Å². The van der Waals surface area contributed by atoms with Crippen molar-refractivity contribution in [3.8, 4) is 0 Å². The van der Waals surface area contributed by atoms with Crippen molar-refractivity contribution < 1.29 is 19.4 Å². The summed E-state index contributed by atoms with van der Waals surface area (Å²) in [5, 5.41) is 12.7. The van der Waals surface area contributed by atoms with E-state index in [0.717, 1.165) is 18.6 Å². The van der Waals surface area contributed by atoms with Gasteiger partial charge in [-0.1, -0.05) is 0 Å². The Morgan fingerprint density at radius 3 is 2.59 bits per heavy atom. The summed E-state index contributed by atoms with van der Waals surface area (Å²) in [4.78, 5) is 24.8. The van der Waals surface area contributed by atoms with Gasteiger partial charge in [0.1, 0.15) is 5.60 Å². The highest BCUT2D eigenvalue weighted by molar-refractivity contribution is 7.99. The summed E-state index contributed by atoms with van der Waals surface area (Å²) in [6, 6.07) is 0.332. The van der Waals surface area contributed by atoms with Gasteiger partial charge in [-0.25, -0.2) is 4.79 Å². The molecule has 2 heterocycles. The summed E-state index contributed by atoms with van der Waals surface area (Å²) in [5.41, 5.74) is -1.04. The van der Waals surface area contributed by atoms with Crippen LogP contribution >= 0.6 is 11.8 Å². The van der Waals surface area contributed by atoms with Gasteiger partial charge >= 0.3 is 12.1 Å². The average Bonchev–Trinajstić information content (AvgIpc) is 2.33. The van der Waals surface area contributed by atoms with Crippen molar-refractivity contribution in [1.82, 2.24) is 10.2 Å². The molecule has 1 atom stereocenters. The Kier molecular flexibility index (Phi) is 5.27. The number of nitrogens with one attached hydrogen (secondary N) is 1. The molecule has 1 amide bonds. The highest BCUT2D eigenvalue weighted by Gasteiger charge is 2.48. The number of carboxylic acids is 1. The first-order chi connectivity index (χ1) is 10.2. The Labute approximate surface area is 136 Å². The molecular formula is C15H26N2O4S. The lowest BCUT2D eigenvalue weighted by atomic mass is 9.85. The molecule has 0 saturated carbocycles. The van der Waals surface area contributed by atoms with Crippen molar-refractivity contribution in [3.05, 3.63) is 0 Å². The molecule has 2 aliphatic heterocycles. The molecule has 2 N–H and O–H groups in total. The Morgan fingerprint density at radius 1 is 1.41 bits per heavy atom. The van der Waals surface area contributed by atoms with Gasteiger partial charge in [0.2, 0.25) is 0 Å². The highest BCUT2D eigenvalue weighted by Crippen LogP contribution is 2.29. The molecule has 2 rings (SSSR count). The summed E-state index contributed by atoms with van der Waals surface area (Å²) >= 11 is 1.90. The normalized spacial score (nSPS) is 24.5. The Hall–Kier alpha value is -0.950. The van der Waals surface area contributed by atoms with Crippen molar-refractivity contribution in [2.45, 2.75) is 57.2 Å². The van der Waals surface area contributed by atoms with E-state index in [9.17, 15) is 14.7 Å². The molecule has 0 aromatic carbocycles. The quantitative estimate of drug-likeness (QED) is 0.820. The van der Waals surface area contributed by atoms with E-state index >= 15 is 0 Å². The van der Waals surface area contributed by atoms with Crippen LogP contribution in [0.15, 0.2) is 0 Å². The minimum atomic E-state index is -0.834. The molecule has 0 aromatic heterocycles. The molecule has 126 valence electrons. The molecule has 0 radical (unpaired) electrons. The van der Waals surface area contributed by atoms with Gasteiger partial charge in [-0.05, 0) is 39.4 Å². The maximum Gasteiger partial charge on any atom is 0.410 e. The fourth-order valence-corrected chi connectivity index (χ4v) is 4.04. The smallest absolute Gasteiger partial charge is 0.410 e. The zero-order valence-corrected chi connectivity index (χ0v) is 14.4. The zero-order valence-electron chi connectivity index (χ0n) is 13.6. The first-order valence-electron chi connectivity index (χ1n) is 7.74. The van der Waals surface area contributed by atoms with Crippen LogP contribution in [0.2, 0.25) is 0 Å². The van der Waals surface area contributed by atoms with Gasteiger partial charge < -0.3 is 20.1 Å². The van der Waals surface area contributed by atoms with E-state index in [4.69, 9.17) is 4.74 Å². The lowest BCUT2D eigenvalue weighted by molar-refractivity contribution is -0.141. The van der Waals surface area contributed by atoms with E-state index in [-0.39, 0.29) is 12.5 Å². The molecular weight excluding hydrogens is 304 g/mol. The van der Waals surface area contributed by atoms with E-state index in [1.54, 1.807) is 4.90 Å². The molecule has 0 bridgehead atoms. The maximum atomic E-state index is 12.0. The van der Waals surface area contributed by atoms with Crippen LogP contribution in [-0.4, -0.2) is 63.8 Å². The number of likely N-dealkylation sites (tertiary alicyclic amines) is 1. The number of nitrogens with zero attached hydrogens (tertiary/aromatic N) is 1. The second-order valence-electron chi connectivity index (χ2n) is 7.25. The number of aliphatic carboxylic acids is 1. The van der Waals surface area contributed by atoms with Gasteiger partial charge in [0, 0.05) is 24.9 Å². The number of thioether (sulfide) groups is 1. The number of carbonyl (C=O) groups is 2. The molecule has 0 spiro atoms. The molecule has 0 aromatic rings. The van der Waals surface area contributed by atoms with Crippen LogP contribution in [0.4, 0.5) is 4.79 Å². The largest absolute Gasteiger partial charge is 0.481 e. The van der Waals surface area contributed by atoms with Crippen LogP contribution in [0.25, 0.3) is 0 Å². The van der Waals surface area contributed by atoms with Gasteiger partial charge in [0.25, 0.3) is 0 Å². The number of amides is 1. The van der Waals surface area contributed by atoms with E-state index in [1.165, 1.54) is 5.75 Å². The Bertz CT molecular complexity index is 424. The fourth-order valence-electron chi connectivity index (χ4n) is 2.97. The predicted octanol–water partition coefficient (Wildman–Crippen LogP) is 1.94. The number of hydrogen-bond acceptors (Lipinski definition) is 5. The molecule has 7 heteroatoms. The molecule has 22 heavy (non-hydrogen) atoms. The summed E-state index contributed by atoms with van der Waals surface area (Å²) in [6.45, 7) is 6.27. The SMILES string of the molecule is CC(C)(C)OC(=O)N1CC(CC(=O)O)(NC2CCCSC2)C1. The summed E-state index contributed by atoms with van der Waals surface area (Å²) in [5.74, 6) is 1.35. The van der Waals surface area contributed by atoms with Gasteiger partial charge in [0.05, 0.1) is 12.0 Å². The first-order valence-corrected chi connectivity index (χ1v) is 8.90. The van der Waals surface area contributed by atoms with Crippen LogP contribution < -0.4 is 5.32 Å². The van der Waals surface area contributed by atoms with E-state index in [1.807, 2.05) is 32.5 Å². The lowest BCUT2D eigenvalue weighted by Gasteiger charge is -2.51. The average molecular weight is 330 g/mol. The van der Waals surface area contributed by atoms with Crippen molar-refractivity contribution in [2.75, 3.05) is 24.6 Å². The molecule has 1 unspecified atom stereocenters. The van der Waals surface area contributed by atoms with Crippen LogP contribution in [0, 0.1) is 0 Å². The summed E-state index contributed by atoms with van der Waals surface area (Å²) in [7, 11) is 0. The molecule has 2 fully saturated rings. The van der Waals surface area contributed by atoms with Crippen LogP contribution in [0.1, 0.15) is 40.0 Å². The monoisotopic (exact) mass is 330 g/mol. The number of hydrogen-bond donors (Lipinski definition) is 2. The van der Waals surface area contributed by atoms with Gasteiger partial charge in [-0.3, -0.25) is 4.79 Å². The summed E-state index contributed by atoms with van der Waals surface area (Å²) < 4.78 is 5.34. The number of ether oxygens (including phenoxy) is 1.